The summed E-state index contributed by atoms with van der Waals surface area (Å²) in [6, 6.07) is 72.5. The fourth-order valence-electron chi connectivity index (χ4n) is 9.76. The van der Waals surface area contributed by atoms with E-state index in [-0.39, 0.29) is 0 Å². The molecule has 0 N–H and O–H groups in total. The second-order valence-electron chi connectivity index (χ2n) is 14.9. The topological polar surface area (TPSA) is 30.7 Å². The highest BCUT2D eigenvalue weighted by Crippen LogP contribution is 2.63. The SMILES string of the molecule is c1ccc(-c2cc(-c3ccccc3-n3c4ccccc4c4cc5c(cc43)-c3ccccc3C53c4ccccc4-c4ccccc43)nc(-c3ccccc3)n2)cc1. The molecule has 0 saturated carbocycles. The van der Waals surface area contributed by atoms with Crippen LogP contribution in [0.4, 0.5) is 0 Å². The first-order chi connectivity index (χ1) is 27.8. The van der Waals surface area contributed by atoms with Gasteiger partial charge in [0.25, 0.3) is 0 Å². The minimum Gasteiger partial charge on any atom is -0.309 e. The first-order valence-corrected chi connectivity index (χ1v) is 19.3. The van der Waals surface area contributed by atoms with Crippen LogP contribution in [-0.2, 0) is 5.41 Å². The van der Waals surface area contributed by atoms with Gasteiger partial charge in [0.2, 0.25) is 0 Å². The number of nitrogens with zero attached hydrogens (tertiary/aromatic N) is 3. The summed E-state index contributed by atoms with van der Waals surface area (Å²) in [5, 5.41) is 2.46. The van der Waals surface area contributed by atoms with Crippen LogP contribution in [0.5, 0.6) is 0 Å². The van der Waals surface area contributed by atoms with Gasteiger partial charge in [0.05, 0.1) is 33.5 Å². The van der Waals surface area contributed by atoms with Crippen LogP contribution in [0, 0.1) is 0 Å². The molecule has 260 valence electrons. The molecule has 0 saturated heterocycles. The van der Waals surface area contributed by atoms with Crippen LogP contribution in [0.25, 0.3) is 83.6 Å². The van der Waals surface area contributed by atoms with Crippen LogP contribution in [0.1, 0.15) is 22.3 Å². The van der Waals surface area contributed by atoms with Gasteiger partial charge in [0.15, 0.2) is 5.82 Å². The molecule has 0 atom stereocenters. The number of fused-ring (bicyclic) bond motifs is 13. The molecule has 2 aliphatic carbocycles. The van der Waals surface area contributed by atoms with Crippen LogP contribution < -0.4 is 0 Å². The number of rotatable bonds is 4. The Balaban J connectivity index is 1.15. The van der Waals surface area contributed by atoms with E-state index < -0.39 is 5.41 Å². The normalized spacial score (nSPS) is 13.1. The third kappa shape index (κ3) is 4.22. The predicted molar refractivity (Wildman–Crippen MR) is 229 cm³/mol. The van der Waals surface area contributed by atoms with E-state index in [0.717, 1.165) is 39.3 Å². The molecule has 0 amide bonds. The van der Waals surface area contributed by atoms with E-state index in [1.165, 1.54) is 60.8 Å². The third-order valence-electron chi connectivity index (χ3n) is 12.0. The standard InChI is InChI=1S/C53H33N3/c1-3-17-34(18-4-1)47-33-48(55-52(54-47)35-19-5-2-6-20-35)40-25-11-16-30-50(40)56-49-29-15-10-24-39(49)42-31-46-41(32-51(42)56)38-23-9-14-28-45(38)53(46)43-26-12-7-21-36(43)37-22-8-13-27-44(37)53/h1-33H. The molecule has 56 heavy (non-hydrogen) atoms. The van der Waals surface area contributed by atoms with Gasteiger partial charge in [-0.1, -0.05) is 170 Å². The van der Waals surface area contributed by atoms with Crippen molar-refractivity contribution in [2.24, 2.45) is 0 Å². The molecule has 0 unspecified atom stereocenters. The maximum atomic E-state index is 5.28. The van der Waals surface area contributed by atoms with Crippen molar-refractivity contribution in [1.29, 1.82) is 0 Å². The molecule has 10 aromatic rings. The van der Waals surface area contributed by atoms with E-state index in [0.29, 0.717) is 5.82 Å². The number of benzene rings is 8. The zero-order chi connectivity index (χ0) is 36.8. The molecule has 0 aliphatic heterocycles. The van der Waals surface area contributed by atoms with Gasteiger partial charge in [-0.3, -0.25) is 0 Å². The molecule has 2 heterocycles. The second-order valence-corrected chi connectivity index (χ2v) is 14.9. The van der Waals surface area contributed by atoms with Crippen molar-refractivity contribution in [3.8, 4) is 61.8 Å². The molecule has 0 fully saturated rings. The Morgan fingerprint density at radius 1 is 0.339 bits per heavy atom. The van der Waals surface area contributed by atoms with Crippen LogP contribution >= 0.6 is 0 Å². The second kappa shape index (κ2) is 11.8. The zero-order valence-corrected chi connectivity index (χ0v) is 30.4. The minimum absolute atomic E-state index is 0.406. The van der Waals surface area contributed by atoms with Crippen molar-refractivity contribution in [3.05, 3.63) is 222 Å². The van der Waals surface area contributed by atoms with Crippen molar-refractivity contribution >= 4 is 21.8 Å². The molecular formula is C53H33N3. The summed E-state index contributed by atoms with van der Waals surface area (Å²) in [4.78, 5) is 10.4. The summed E-state index contributed by atoms with van der Waals surface area (Å²) in [5.41, 5.74) is 18.5. The molecule has 3 heteroatoms. The predicted octanol–water partition coefficient (Wildman–Crippen LogP) is 12.9. The van der Waals surface area contributed by atoms with Crippen molar-refractivity contribution in [2.45, 2.75) is 5.41 Å². The van der Waals surface area contributed by atoms with Crippen LogP contribution in [0.3, 0.4) is 0 Å². The fraction of sp³-hybridized carbons (Fsp3) is 0.0189. The highest BCUT2D eigenvalue weighted by atomic mass is 15.0. The average Bonchev–Trinajstić information content (AvgIpc) is 3.87. The van der Waals surface area contributed by atoms with Gasteiger partial charge in [-0.2, -0.15) is 0 Å². The molecule has 3 nitrogen and oxygen atoms in total. The van der Waals surface area contributed by atoms with Gasteiger partial charge in [-0.05, 0) is 74.8 Å². The molecule has 2 aromatic heterocycles. The lowest BCUT2D eigenvalue weighted by molar-refractivity contribution is 0.795. The Kier molecular flexibility index (Phi) is 6.55. The molecule has 2 aliphatic rings. The number of para-hydroxylation sites is 2. The summed E-state index contributed by atoms with van der Waals surface area (Å²) < 4.78 is 2.46. The average molecular weight is 712 g/mol. The summed E-state index contributed by atoms with van der Waals surface area (Å²) in [6.45, 7) is 0. The maximum absolute atomic E-state index is 5.28. The van der Waals surface area contributed by atoms with Gasteiger partial charge < -0.3 is 4.57 Å². The first kappa shape index (κ1) is 31.0. The number of hydrogen-bond acceptors (Lipinski definition) is 2. The van der Waals surface area contributed by atoms with Crippen molar-refractivity contribution in [2.75, 3.05) is 0 Å². The van der Waals surface area contributed by atoms with Gasteiger partial charge in [0, 0.05) is 27.5 Å². The Morgan fingerprint density at radius 2 is 0.857 bits per heavy atom. The van der Waals surface area contributed by atoms with Gasteiger partial charge >= 0.3 is 0 Å². The van der Waals surface area contributed by atoms with E-state index in [4.69, 9.17) is 9.97 Å². The largest absolute Gasteiger partial charge is 0.309 e. The molecule has 1 spiro atoms. The van der Waals surface area contributed by atoms with Crippen LogP contribution in [0.2, 0.25) is 0 Å². The summed E-state index contributed by atoms with van der Waals surface area (Å²) >= 11 is 0. The highest BCUT2D eigenvalue weighted by molar-refractivity contribution is 6.12. The Bertz CT molecular complexity index is 3090. The number of hydrogen-bond donors (Lipinski definition) is 0. The zero-order valence-electron chi connectivity index (χ0n) is 30.4. The van der Waals surface area contributed by atoms with E-state index in [1.54, 1.807) is 0 Å². The summed E-state index contributed by atoms with van der Waals surface area (Å²) in [5.74, 6) is 0.704. The Morgan fingerprint density at radius 3 is 1.54 bits per heavy atom. The fourth-order valence-corrected chi connectivity index (χ4v) is 9.76. The van der Waals surface area contributed by atoms with Crippen LogP contribution in [-0.4, -0.2) is 14.5 Å². The molecule has 0 radical (unpaired) electrons. The van der Waals surface area contributed by atoms with Crippen molar-refractivity contribution < 1.29 is 0 Å². The lowest BCUT2D eigenvalue weighted by atomic mass is 9.70. The third-order valence-corrected chi connectivity index (χ3v) is 12.0. The molecular weight excluding hydrogens is 679 g/mol. The van der Waals surface area contributed by atoms with Gasteiger partial charge in [-0.15, -0.1) is 0 Å². The molecule has 8 aromatic carbocycles. The quantitative estimate of drug-likeness (QED) is 0.182. The van der Waals surface area contributed by atoms with E-state index in [9.17, 15) is 0 Å². The minimum atomic E-state index is -0.406. The summed E-state index contributed by atoms with van der Waals surface area (Å²) in [7, 11) is 0. The monoisotopic (exact) mass is 711 g/mol. The maximum Gasteiger partial charge on any atom is 0.160 e. The van der Waals surface area contributed by atoms with E-state index in [2.05, 4.69) is 180 Å². The molecule has 12 rings (SSSR count). The van der Waals surface area contributed by atoms with Gasteiger partial charge in [0.1, 0.15) is 0 Å². The Hall–Kier alpha value is -7.36. The first-order valence-electron chi connectivity index (χ1n) is 19.3. The molecule has 0 bridgehead atoms. The number of aromatic nitrogens is 3. The lowest BCUT2D eigenvalue weighted by Crippen LogP contribution is -2.25. The van der Waals surface area contributed by atoms with E-state index in [1.807, 2.05) is 24.3 Å². The van der Waals surface area contributed by atoms with Gasteiger partial charge in [-0.25, -0.2) is 9.97 Å². The van der Waals surface area contributed by atoms with Crippen molar-refractivity contribution in [3.63, 3.8) is 0 Å². The summed E-state index contributed by atoms with van der Waals surface area (Å²) in [6.07, 6.45) is 0. The smallest absolute Gasteiger partial charge is 0.160 e. The highest BCUT2D eigenvalue weighted by Gasteiger charge is 2.51. The van der Waals surface area contributed by atoms with Crippen LogP contribution in [0.15, 0.2) is 200 Å². The lowest BCUT2D eigenvalue weighted by Gasteiger charge is -2.30. The Labute approximate surface area is 324 Å². The van der Waals surface area contributed by atoms with Crippen molar-refractivity contribution in [1.82, 2.24) is 14.5 Å². The van der Waals surface area contributed by atoms with E-state index >= 15 is 0 Å².